The van der Waals surface area contributed by atoms with Gasteiger partial charge in [-0.25, -0.2) is 9.48 Å². The van der Waals surface area contributed by atoms with Gasteiger partial charge in [0.25, 0.3) is 0 Å². The van der Waals surface area contributed by atoms with Crippen molar-refractivity contribution >= 4 is 32.9 Å². The van der Waals surface area contributed by atoms with Gasteiger partial charge in [0.2, 0.25) is 0 Å². The quantitative estimate of drug-likeness (QED) is 0.788. The van der Waals surface area contributed by atoms with Crippen molar-refractivity contribution in [2.75, 3.05) is 0 Å². The number of hydrogen-bond donors (Lipinski definition) is 1. The molecule has 3 rings (SSSR count). The average molecular weight is 346 g/mol. The van der Waals surface area contributed by atoms with E-state index in [4.69, 9.17) is 5.11 Å². The zero-order chi connectivity index (χ0) is 15.0. The molecule has 1 unspecified atom stereocenters. The van der Waals surface area contributed by atoms with Crippen LogP contribution in [0.3, 0.4) is 0 Å². The number of rotatable bonds is 3. The minimum Gasteiger partial charge on any atom is -0.478 e. The van der Waals surface area contributed by atoms with Crippen molar-refractivity contribution in [3.63, 3.8) is 0 Å². The summed E-state index contributed by atoms with van der Waals surface area (Å²) in [6.45, 7) is 2.00. The van der Waals surface area contributed by atoms with Crippen LogP contribution < -0.4 is 0 Å². The highest BCUT2D eigenvalue weighted by Crippen LogP contribution is 2.24. The molecular formula is C15H12BrN3O2. The molecule has 106 valence electrons. The first-order chi connectivity index (χ1) is 10.1. The molecule has 0 amide bonds. The number of benzene rings is 2. The van der Waals surface area contributed by atoms with E-state index in [0.717, 1.165) is 10.0 Å². The Morgan fingerprint density at radius 2 is 2.10 bits per heavy atom. The first kappa shape index (κ1) is 13.8. The summed E-state index contributed by atoms with van der Waals surface area (Å²) in [4.78, 5) is 11.1. The van der Waals surface area contributed by atoms with E-state index in [2.05, 4.69) is 26.2 Å². The largest absolute Gasteiger partial charge is 0.478 e. The van der Waals surface area contributed by atoms with Crippen LogP contribution >= 0.6 is 15.9 Å². The maximum atomic E-state index is 11.1. The molecule has 0 saturated carbocycles. The summed E-state index contributed by atoms with van der Waals surface area (Å²) in [6, 6.07) is 12.7. The number of aromatic nitrogens is 3. The molecule has 0 radical (unpaired) electrons. The standard InChI is InChI=1S/C15H12BrN3O2/c1-9(10-3-2-4-12(16)7-10)19-14-8-11(15(20)21)5-6-13(14)17-18-19/h2-9H,1H3,(H,20,21). The van der Waals surface area contributed by atoms with Crippen LogP contribution in [-0.4, -0.2) is 26.1 Å². The van der Waals surface area contributed by atoms with Crippen molar-refractivity contribution in [2.24, 2.45) is 0 Å². The molecular weight excluding hydrogens is 334 g/mol. The lowest BCUT2D eigenvalue weighted by atomic mass is 10.1. The maximum Gasteiger partial charge on any atom is 0.335 e. The third kappa shape index (κ3) is 2.54. The fourth-order valence-electron chi connectivity index (χ4n) is 2.26. The van der Waals surface area contributed by atoms with Gasteiger partial charge in [-0.3, -0.25) is 0 Å². The van der Waals surface area contributed by atoms with Gasteiger partial charge in [-0.15, -0.1) is 5.10 Å². The highest BCUT2D eigenvalue weighted by Gasteiger charge is 2.15. The Kier molecular flexibility index (Phi) is 3.47. The molecule has 0 aliphatic carbocycles. The SMILES string of the molecule is CC(c1cccc(Br)c1)n1nnc2ccc(C(=O)O)cc21. The molecule has 0 aliphatic heterocycles. The zero-order valence-electron chi connectivity index (χ0n) is 11.2. The number of carboxylic acids is 1. The number of carboxylic acid groups (broad SMARTS) is 1. The third-order valence-corrected chi connectivity index (χ3v) is 3.91. The molecule has 1 N–H and O–H groups in total. The van der Waals surface area contributed by atoms with Crippen molar-refractivity contribution in [1.82, 2.24) is 15.0 Å². The van der Waals surface area contributed by atoms with Crippen LogP contribution in [0.15, 0.2) is 46.9 Å². The summed E-state index contributed by atoms with van der Waals surface area (Å²) >= 11 is 3.45. The predicted molar refractivity (Wildman–Crippen MR) is 82.4 cm³/mol. The molecule has 0 bridgehead atoms. The minimum atomic E-state index is -0.959. The summed E-state index contributed by atoms with van der Waals surface area (Å²) in [5, 5.41) is 17.4. The molecule has 5 nitrogen and oxygen atoms in total. The molecule has 1 aromatic heterocycles. The first-order valence-electron chi connectivity index (χ1n) is 6.40. The number of nitrogens with zero attached hydrogens (tertiary/aromatic N) is 3. The van der Waals surface area contributed by atoms with Crippen molar-refractivity contribution in [3.8, 4) is 0 Å². The molecule has 1 heterocycles. The predicted octanol–water partition coefficient (Wildman–Crippen LogP) is 3.50. The Morgan fingerprint density at radius 3 is 2.81 bits per heavy atom. The molecule has 2 aromatic carbocycles. The summed E-state index contributed by atoms with van der Waals surface area (Å²) in [5.74, 6) is -0.959. The van der Waals surface area contributed by atoms with E-state index >= 15 is 0 Å². The van der Waals surface area contributed by atoms with Gasteiger partial charge >= 0.3 is 5.97 Å². The molecule has 3 aromatic rings. The molecule has 0 saturated heterocycles. The monoisotopic (exact) mass is 345 g/mol. The molecule has 21 heavy (non-hydrogen) atoms. The van der Waals surface area contributed by atoms with E-state index in [1.807, 2.05) is 31.2 Å². The number of hydrogen-bond acceptors (Lipinski definition) is 3. The van der Waals surface area contributed by atoms with Gasteiger partial charge in [0.05, 0.1) is 17.1 Å². The van der Waals surface area contributed by atoms with Gasteiger partial charge in [-0.2, -0.15) is 0 Å². The lowest BCUT2D eigenvalue weighted by Crippen LogP contribution is -2.09. The summed E-state index contributed by atoms with van der Waals surface area (Å²) in [6.07, 6.45) is 0. The smallest absolute Gasteiger partial charge is 0.335 e. The van der Waals surface area contributed by atoms with Crippen LogP contribution in [0.25, 0.3) is 11.0 Å². The maximum absolute atomic E-state index is 11.1. The lowest BCUT2D eigenvalue weighted by Gasteiger charge is -2.13. The van der Waals surface area contributed by atoms with Gasteiger partial charge in [0, 0.05) is 4.47 Å². The van der Waals surface area contributed by atoms with Gasteiger partial charge in [0.15, 0.2) is 0 Å². The number of aromatic carboxylic acids is 1. The fourth-order valence-corrected chi connectivity index (χ4v) is 2.68. The Hall–Kier alpha value is -2.21. The first-order valence-corrected chi connectivity index (χ1v) is 7.19. The van der Waals surface area contributed by atoms with Crippen molar-refractivity contribution in [2.45, 2.75) is 13.0 Å². The highest BCUT2D eigenvalue weighted by molar-refractivity contribution is 9.10. The van der Waals surface area contributed by atoms with E-state index in [0.29, 0.717) is 11.0 Å². The van der Waals surface area contributed by atoms with Crippen LogP contribution in [0.5, 0.6) is 0 Å². The number of fused-ring (bicyclic) bond motifs is 1. The summed E-state index contributed by atoms with van der Waals surface area (Å²) in [5.41, 5.74) is 2.69. The van der Waals surface area contributed by atoms with E-state index in [-0.39, 0.29) is 11.6 Å². The molecule has 6 heteroatoms. The molecule has 0 spiro atoms. The Bertz CT molecular complexity index is 829. The third-order valence-electron chi connectivity index (χ3n) is 3.42. The second-order valence-corrected chi connectivity index (χ2v) is 5.69. The second kappa shape index (κ2) is 5.29. The van der Waals surface area contributed by atoms with Gasteiger partial charge in [-0.1, -0.05) is 33.3 Å². The van der Waals surface area contributed by atoms with Crippen molar-refractivity contribution in [3.05, 3.63) is 58.1 Å². The van der Waals surface area contributed by atoms with Crippen LogP contribution in [0.4, 0.5) is 0 Å². The van der Waals surface area contributed by atoms with Gasteiger partial charge in [0.1, 0.15) is 5.52 Å². The highest BCUT2D eigenvalue weighted by atomic mass is 79.9. The van der Waals surface area contributed by atoms with E-state index < -0.39 is 5.97 Å². The molecule has 0 aliphatic rings. The molecule has 0 fully saturated rings. The number of halogens is 1. The average Bonchev–Trinajstić information content (AvgIpc) is 2.89. The second-order valence-electron chi connectivity index (χ2n) is 4.77. The van der Waals surface area contributed by atoms with Crippen LogP contribution in [-0.2, 0) is 0 Å². The topological polar surface area (TPSA) is 68.0 Å². The van der Waals surface area contributed by atoms with Crippen molar-refractivity contribution < 1.29 is 9.90 Å². The normalized spacial score (nSPS) is 12.5. The molecule has 1 atom stereocenters. The van der Waals surface area contributed by atoms with Crippen molar-refractivity contribution in [1.29, 1.82) is 0 Å². The minimum absolute atomic E-state index is 0.0449. The van der Waals surface area contributed by atoms with Crippen LogP contribution in [0.1, 0.15) is 28.9 Å². The zero-order valence-corrected chi connectivity index (χ0v) is 12.8. The Balaban J connectivity index is 2.11. The lowest BCUT2D eigenvalue weighted by molar-refractivity contribution is 0.0697. The van der Waals surface area contributed by atoms with E-state index in [9.17, 15) is 4.79 Å². The van der Waals surface area contributed by atoms with Gasteiger partial charge in [-0.05, 0) is 42.8 Å². The van der Waals surface area contributed by atoms with E-state index in [1.165, 1.54) is 6.07 Å². The summed E-state index contributed by atoms with van der Waals surface area (Å²) < 4.78 is 2.73. The van der Waals surface area contributed by atoms with E-state index in [1.54, 1.807) is 16.8 Å². The van der Waals surface area contributed by atoms with Gasteiger partial charge < -0.3 is 5.11 Å². The Morgan fingerprint density at radius 1 is 1.29 bits per heavy atom. The fraction of sp³-hybridized carbons (Fsp3) is 0.133. The van der Waals surface area contributed by atoms with Crippen LogP contribution in [0.2, 0.25) is 0 Å². The summed E-state index contributed by atoms with van der Waals surface area (Å²) in [7, 11) is 0. The van der Waals surface area contributed by atoms with Crippen LogP contribution in [0, 0.1) is 0 Å². The number of carbonyl (C=O) groups is 1. The Labute approximate surface area is 129 Å².